The van der Waals surface area contributed by atoms with Gasteiger partial charge in [-0.2, -0.15) is 0 Å². The number of unbranched alkanes of at least 4 members (excludes halogenated alkanes) is 4. The molecule has 0 aliphatic rings. The average molecular weight is 335 g/mol. The first-order valence-corrected chi connectivity index (χ1v) is 10.3. The normalized spacial score (nSPS) is 13.0. The van der Waals surface area contributed by atoms with Crippen LogP contribution in [0.2, 0.25) is 0 Å². The van der Waals surface area contributed by atoms with E-state index in [2.05, 4.69) is 60.4 Å². The van der Waals surface area contributed by atoms with E-state index >= 15 is 0 Å². The average Bonchev–Trinajstić information content (AvgIpc) is 2.94. The van der Waals surface area contributed by atoms with Gasteiger partial charge in [-0.05, 0) is 18.8 Å². The van der Waals surface area contributed by atoms with Gasteiger partial charge in [0, 0.05) is 16.5 Å². The summed E-state index contributed by atoms with van der Waals surface area (Å²) in [5.74, 6) is 1.69. The number of H-pyrrole nitrogens is 1. The van der Waals surface area contributed by atoms with Gasteiger partial charge in [0.2, 0.25) is 0 Å². The number of aromatic amines is 1. The molecule has 140 valence electrons. The monoisotopic (exact) mass is 334 g/mol. The standard InChI is InChI=1S/C22H42N2/c1-9-11-13-15-21(5,6)19-18(17(3)4)23-20(24-19)22(7,8)16-14-12-10-2/h17H,9-16H2,1-8H3,(H,23,24). The summed E-state index contributed by atoms with van der Waals surface area (Å²) in [5.41, 5.74) is 2.96. The molecule has 0 unspecified atom stereocenters. The molecule has 1 aromatic rings. The molecule has 0 aromatic carbocycles. The maximum atomic E-state index is 5.18. The van der Waals surface area contributed by atoms with E-state index in [4.69, 9.17) is 4.98 Å². The molecule has 24 heavy (non-hydrogen) atoms. The first kappa shape index (κ1) is 21.3. The number of imidazole rings is 1. The van der Waals surface area contributed by atoms with Crippen LogP contribution >= 0.6 is 0 Å². The summed E-state index contributed by atoms with van der Waals surface area (Å²) in [6.45, 7) is 18.6. The maximum absolute atomic E-state index is 5.18. The van der Waals surface area contributed by atoms with Gasteiger partial charge in [-0.1, -0.05) is 93.9 Å². The fourth-order valence-electron chi connectivity index (χ4n) is 3.51. The van der Waals surface area contributed by atoms with Crippen LogP contribution in [0.4, 0.5) is 0 Å². The molecule has 0 saturated heterocycles. The Labute approximate surface area is 151 Å². The molecule has 0 atom stereocenters. The first-order valence-electron chi connectivity index (χ1n) is 10.3. The predicted octanol–water partition coefficient (Wildman–Crippen LogP) is 7.25. The summed E-state index contributed by atoms with van der Waals surface area (Å²) < 4.78 is 0. The highest BCUT2D eigenvalue weighted by atomic mass is 15.0. The van der Waals surface area contributed by atoms with Crippen LogP contribution < -0.4 is 0 Å². The Hall–Kier alpha value is -0.790. The quantitative estimate of drug-likeness (QED) is 0.424. The van der Waals surface area contributed by atoms with Crippen molar-refractivity contribution in [2.45, 2.75) is 124 Å². The minimum absolute atomic E-state index is 0.135. The van der Waals surface area contributed by atoms with Gasteiger partial charge in [0.25, 0.3) is 0 Å². The van der Waals surface area contributed by atoms with Crippen LogP contribution in [-0.4, -0.2) is 9.97 Å². The molecule has 1 rings (SSSR count). The lowest BCUT2D eigenvalue weighted by Gasteiger charge is -2.25. The lowest BCUT2D eigenvalue weighted by molar-refractivity contribution is 0.417. The fraction of sp³-hybridized carbons (Fsp3) is 0.864. The van der Waals surface area contributed by atoms with Crippen LogP contribution in [0.3, 0.4) is 0 Å². The van der Waals surface area contributed by atoms with Gasteiger partial charge in [-0.15, -0.1) is 0 Å². The van der Waals surface area contributed by atoms with Crippen LogP contribution in [0.1, 0.15) is 130 Å². The smallest absolute Gasteiger partial charge is 0.112 e. The Morgan fingerprint density at radius 2 is 1.33 bits per heavy atom. The third-order valence-corrected chi connectivity index (χ3v) is 5.40. The van der Waals surface area contributed by atoms with Crippen molar-refractivity contribution in [2.24, 2.45) is 0 Å². The molecule has 0 radical (unpaired) electrons. The second-order valence-electron chi connectivity index (χ2n) is 9.18. The highest BCUT2D eigenvalue weighted by Gasteiger charge is 2.32. The van der Waals surface area contributed by atoms with Crippen molar-refractivity contribution < 1.29 is 0 Å². The fourth-order valence-corrected chi connectivity index (χ4v) is 3.51. The zero-order chi connectivity index (χ0) is 18.4. The molecule has 0 amide bonds. The molecule has 0 saturated carbocycles. The number of nitrogens with zero attached hydrogens (tertiary/aromatic N) is 1. The van der Waals surface area contributed by atoms with Gasteiger partial charge in [-0.25, -0.2) is 4.98 Å². The van der Waals surface area contributed by atoms with Crippen molar-refractivity contribution >= 4 is 0 Å². The summed E-state index contributed by atoms with van der Waals surface area (Å²) in [7, 11) is 0. The van der Waals surface area contributed by atoms with Gasteiger partial charge >= 0.3 is 0 Å². The van der Waals surface area contributed by atoms with Crippen molar-refractivity contribution in [1.29, 1.82) is 0 Å². The SMILES string of the molecule is CCCCCC(C)(C)c1nc(C(C)(C)CCCCC)c(C(C)C)[nH]1. The molecule has 0 bridgehead atoms. The van der Waals surface area contributed by atoms with Crippen LogP contribution in [0.15, 0.2) is 0 Å². The van der Waals surface area contributed by atoms with Gasteiger partial charge in [0.1, 0.15) is 5.82 Å². The number of nitrogens with one attached hydrogen (secondary N) is 1. The molecule has 1 N–H and O–H groups in total. The van der Waals surface area contributed by atoms with E-state index in [9.17, 15) is 0 Å². The van der Waals surface area contributed by atoms with E-state index in [1.165, 1.54) is 68.6 Å². The molecule has 2 nitrogen and oxygen atoms in total. The lowest BCUT2D eigenvalue weighted by atomic mass is 9.81. The number of aromatic nitrogens is 2. The first-order chi connectivity index (χ1) is 11.2. The van der Waals surface area contributed by atoms with Crippen LogP contribution in [0.5, 0.6) is 0 Å². The van der Waals surface area contributed by atoms with Crippen molar-refractivity contribution in [3.63, 3.8) is 0 Å². The van der Waals surface area contributed by atoms with Crippen LogP contribution in [0.25, 0.3) is 0 Å². The molecule has 2 heteroatoms. The van der Waals surface area contributed by atoms with Crippen molar-refractivity contribution in [3.8, 4) is 0 Å². The molecule has 0 aliphatic heterocycles. The molecule has 0 fully saturated rings. The molecular weight excluding hydrogens is 292 g/mol. The predicted molar refractivity (Wildman–Crippen MR) is 107 cm³/mol. The zero-order valence-corrected chi connectivity index (χ0v) is 17.7. The second-order valence-corrected chi connectivity index (χ2v) is 9.18. The summed E-state index contributed by atoms with van der Waals surface area (Å²) >= 11 is 0. The zero-order valence-electron chi connectivity index (χ0n) is 17.7. The van der Waals surface area contributed by atoms with E-state index in [1.54, 1.807) is 0 Å². The minimum atomic E-state index is 0.135. The molecule has 1 heterocycles. The van der Waals surface area contributed by atoms with Crippen molar-refractivity contribution in [1.82, 2.24) is 9.97 Å². The Morgan fingerprint density at radius 3 is 1.79 bits per heavy atom. The molecule has 0 spiro atoms. The number of hydrogen-bond acceptors (Lipinski definition) is 1. The van der Waals surface area contributed by atoms with Gasteiger partial charge < -0.3 is 4.98 Å². The molecule has 0 aliphatic carbocycles. The van der Waals surface area contributed by atoms with Crippen molar-refractivity contribution in [3.05, 3.63) is 17.2 Å². The summed E-state index contributed by atoms with van der Waals surface area (Å²) in [6.07, 6.45) is 10.2. The Bertz CT molecular complexity index is 480. The largest absolute Gasteiger partial charge is 0.345 e. The van der Waals surface area contributed by atoms with E-state index in [0.29, 0.717) is 5.92 Å². The third kappa shape index (κ3) is 5.63. The Kier molecular flexibility index (Phi) is 8.02. The second kappa shape index (κ2) is 9.06. The van der Waals surface area contributed by atoms with Crippen LogP contribution in [0, 0.1) is 0 Å². The van der Waals surface area contributed by atoms with Gasteiger partial charge in [-0.3, -0.25) is 0 Å². The highest BCUT2D eigenvalue weighted by Crippen LogP contribution is 2.36. The van der Waals surface area contributed by atoms with Gasteiger partial charge in [0.15, 0.2) is 0 Å². The van der Waals surface area contributed by atoms with E-state index in [0.717, 1.165) is 0 Å². The summed E-state index contributed by atoms with van der Waals surface area (Å²) in [4.78, 5) is 8.91. The molecule has 1 aromatic heterocycles. The van der Waals surface area contributed by atoms with E-state index in [-0.39, 0.29) is 10.8 Å². The Morgan fingerprint density at radius 1 is 0.833 bits per heavy atom. The summed E-state index contributed by atoms with van der Waals surface area (Å²) in [6, 6.07) is 0. The number of rotatable bonds is 11. The maximum Gasteiger partial charge on any atom is 0.112 e. The number of hydrogen-bond donors (Lipinski definition) is 1. The molecular formula is C22H42N2. The van der Waals surface area contributed by atoms with E-state index < -0.39 is 0 Å². The minimum Gasteiger partial charge on any atom is -0.345 e. The topological polar surface area (TPSA) is 28.7 Å². The third-order valence-electron chi connectivity index (χ3n) is 5.40. The highest BCUT2D eigenvalue weighted by molar-refractivity contribution is 5.28. The summed E-state index contributed by atoms with van der Waals surface area (Å²) in [5, 5.41) is 0. The lowest BCUT2D eigenvalue weighted by Crippen LogP contribution is -2.22. The Balaban J connectivity index is 3.06. The van der Waals surface area contributed by atoms with Crippen LogP contribution in [-0.2, 0) is 10.8 Å². The van der Waals surface area contributed by atoms with E-state index in [1.807, 2.05) is 0 Å². The van der Waals surface area contributed by atoms with Gasteiger partial charge in [0.05, 0.1) is 5.69 Å². The van der Waals surface area contributed by atoms with Crippen molar-refractivity contribution in [2.75, 3.05) is 0 Å².